The van der Waals surface area contributed by atoms with Gasteiger partial charge in [0.2, 0.25) is 5.43 Å². The van der Waals surface area contributed by atoms with E-state index < -0.39 is 5.91 Å². The number of aromatic nitrogens is 5. The summed E-state index contributed by atoms with van der Waals surface area (Å²) in [5.74, 6) is -0.475. The van der Waals surface area contributed by atoms with Crippen molar-refractivity contribution in [3.63, 3.8) is 0 Å². The van der Waals surface area contributed by atoms with Crippen LogP contribution in [0.3, 0.4) is 0 Å². The lowest BCUT2D eigenvalue weighted by atomic mass is 10.1. The lowest BCUT2D eigenvalue weighted by Gasteiger charge is -2.12. The Labute approximate surface area is 167 Å². The minimum Gasteiger partial charge on any atom is -0.332 e. The number of nitrogens with one attached hydrogen (secondary N) is 1. The monoisotopic (exact) mass is 390 g/mol. The number of anilines is 1. The molecule has 4 aromatic rings. The van der Waals surface area contributed by atoms with Crippen LogP contribution in [0, 0.1) is 6.92 Å². The number of fused-ring (bicyclic) bond motifs is 2. The summed E-state index contributed by atoms with van der Waals surface area (Å²) in [6.45, 7) is 8.46. The van der Waals surface area contributed by atoms with Crippen LogP contribution in [0.5, 0.6) is 0 Å². The molecule has 4 rings (SSSR count). The summed E-state index contributed by atoms with van der Waals surface area (Å²) in [6.07, 6.45) is 4.85. The molecule has 0 aromatic carbocycles. The molecule has 0 saturated heterocycles. The number of nitrogens with zero attached hydrogens (tertiary/aromatic N) is 5. The number of pyridine rings is 3. The third kappa shape index (κ3) is 3.26. The molecule has 0 fully saturated rings. The van der Waals surface area contributed by atoms with Crippen molar-refractivity contribution in [2.45, 2.75) is 40.3 Å². The zero-order chi connectivity index (χ0) is 20.7. The Morgan fingerprint density at radius 1 is 1.21 bits per heavy atom. The Hall–Kier alpha value is -3.55. The molecule has 1 N–H and O–H groups in total. The van der Waals surface area contributed by atoms with Crippen molar-refractivity contribution in [3.8, 4) is 0 Å². The minimum atomic E-state index is -0.475. The number of aryl methyl sites for hydroxylation is 2. The van der Waals surface area contributed by atoms with Gasteiger partial charge in [-0.3, -0.25) is 9.59 Å². The first-order valence-corrected chi connectivity index (χ1v) is 9.54. The Balaban J connectivity index is 1.72. The molecule has 148 valence electrons. The average Bonchev–Trinajstić information content (AvgIpc) is 3.11. The Bertz CT molecular complexity index is 1300. The fourth-order valence-electron chi connectivity index (χ4n) is 3.35. The van der Waals surface area contributed by atoms with Crippen LogP contribution in [0.4, 0.5) is 5.69 Å². The number of amides is 1. The Morgan fingerprint density at radius 2 is 2.00 bits per heavy atom. The van der Waals surface area contributed by atoms with Crippen LogP contribution < -0.4 is 10.7 Å². The van der Waals surface area contributed by atoms with Gasteiger partial charge in [-0.05, 0) is 45.9 Å². The summed E-state index contributed by atoms with van der Waals surface area (Å²) in [6, 6.07) is 5.48. The largest absolute Gasteiger partial charge is 0.332 e. The summed E-state index contributed by atoms with van der Waals surface area (Å²) < 4.78 is 3.63. The molecule has 0 saturated carbocycles. The summed E-state index contributed by atoms with van der Waals surface area (Å²) in [5.41, 5.74) is 2.39. The van der Waals surface area contributed by atoms with Crippen molar-refractivity contribution in [1.29, 1.82) is 0 Å². The Kier molecular flexibility index (Phi) is 4.62. The molecular formula is C21H22N6O2. The molecule has 1 amide bonds. The quantitative estimate of drug-likeness (QED) is 0.577. The molecule has 8 nitrogen and oxygen atoms in total. The topological polar surface area (TPSA) is 94.7 Å². The zero-order valence-corrected chi connectivity index (χ0v) is 16.8. The predicted octanol–water partition coefficient (Wildman–Crippen LogP) is 3.30. The molecule has 4 heterocycles. The molecule has 0 radical (unpaired) electrons. The van der Waals surface area contributed by atoms with E-state index in [0.29, 0.717) is 23.3 Å². The number of carbonyl (C=O) groups excluding carboxylic acids is 1. The van der Waals surface area contributed by atoms with Crippen LogP contribution in [0.15, 0.2) is 41.6 Å². The van der Waals surface area contributed by atoms with Crippen molar-refractivity contribution >= 4 is 33.7 Å². The van der Waals surface area contributed by atoms with Crippen LogP contribution in [0.2, 0.25) is 0 Å². The highest BCUT2D eigenvalue weighted by Gasteiger charge is 2.17. The van der Waals surface area contributed by atoms with Crippen LogP contribution in [0.1, 0.15) is 42.9 Å². The van der Waals surface area contributed by atoms with Gasteiger partial charge in [-0.1, -0.05) is 0 Å². The number of hydrogen-bond acceptors (Lipinski definition) is 5. The van der Waals surface area contributed by atoms with E-state index in [0.717, 1.165) is 16.7 Å². The van der Waals surface area contributed by atoms with Gasteiger partial charge in [-0.15, -0.1) is 0 Å². The molecule has 0 aliphatic heterocycles. The van der Waals surface area contributed by atoms with Gasteiger partial charge in [-0.25, -0.2) is 14.6 Å². The van der Waals surface area contributed by atoms with E-state index in [1.54, 1.807) is 36.8 Å². The second-order valence-corrected chi connectivity index (χ2v) is 7.26. The van der Waals surface area contributed by atoms with E-state index in [1.165, 1.54) is 0 Å². The summed E-state index contributed by atoms with van der Waals surface area (Å²) in [7, 11) is 0. The smallest absolute Gasteiger partial charge is 0.261 e. The van der Waals surface area contributed by atoms with Crippen LogP contribution >= 0.6 is 0 Å². The first-order valence-electron chi connectivity index (χ1n) is 9.54. The molecule has 0 spiro atoms. The second-order valence-electron chi connectivity index (χ2n) is 7.26. The maximum atomic E-state index is 12.9. The molecule has 0 atom stereocenters. The van der Waals surface area contributed by atoms with Crippen LogP contribution in [0.25, 0.3) is 22.1 Å². The van der Waals surface area contributed by atoms with Crippen LogP contribution in [-0.4, -0.2) is 30.2 Å². The van der Waals surface area contributed by atoms with E-state index in [9.17, 15) is 9.59 Å². The normalized spacial score (nSPS) is 11.5. The van der Waals surface area contributed by atoms with Gasteiger partial charge in [0.1, 0.15) is 11.2 Å². The molecular weight excluding hydrogens is 368 g/mol. The standard InChI is InChI=1S/C21H22N6O2/c1-5-26-11-17(18(28)16-7-6-13(4)24-20(16)26)21(29)25-15-8-14-9-23-27(12(2)3)19(14)22-10-15/h6-12H,5H2,1-4H3,(H,25,29). The van der Waals surface area contributed by atoms with Gasteiger partial charge in [0, 0.05) is 29.9 Å². The fourth-order valence-corrected chi connectivity index (χ4v) is 3.35. The van der Waals surface area contributed by atoms with Crippen molar-refractivity contribution in [2.24, 2.45) is 0 Å². The van der Waals surface area contributed by atoms with Crippen molar-refractivity contribution in [2.75, 3.05) is 5.32 Å². The van der Waals surface area contributed by atoms with Crippen LogP contribution in [-0.2, 0) is 6.54 Å². The SMILES string of the molecule is CCn1cc(C(=O)Nc2cnc3c(cnn3C(C)C)c2)c(=O)c2ccc(C)nc21. The number of hydrogen-bond donors (Lipinski definition) is 1. The van der Waals surface area contributed by atoms with Gasteiger partial charge in [0.25, 0.3) is 5.91 Å². The molecule has 0 unspecified atom stereocenters. The maximum absolute atomic E-state index is 12.9. The molecule has 0 aliphatic carbocycles. The van der Waals surface area contributed by atoms with Crippen molar-refractivity contribution in [1.82, 2.24) is 24.3 Å². The van der Waals surface area contributed by atoms with Gasteiger partial charge >= 0.3 is 0 Å². The zero-order valence-electron chi connectivity index (χ0n) is 16.8. The molecule has 4 aromatic heterocycles. The molecule has 29 heavy (non-hydrogen) atoms. The van der Waals surface area contributed by atoms with Gasteiger partial charge in [-0.2, -0.15) is 5.10 Å². The van der Waals surface area contributed by atoms with Gasteiger partial charge < -0.3 is 9.88 Å². The summed E-state index contributed by atoms with van der Waals surface area (Å²) >= 11 is 0. The lowest BCUT2D eigenvalue weighted by molar-refractivity contribution is 0.102. The third-order valence-corrected chi connectivity index (χ3v) is 4.83. The van der Waals surface area contributed by atoms with Gasteiger partial charge in [0.05, 0.1) is 23.5 Å². The number of rotatable bonds is 4. The molecule has 8 heteroatoms. The summed E-state index contributed by atoms with van der Waals surface area (Å²) in [5, 5.41) is 8.37. The minimum absolute atomic E-state index is 0.0722. The highest BCUT2D eigenvalue weighted by molar-refractivity contribution is 6.06. The molecule has 0 aliphatic rings. The van der Waals surface area contributed by atoms with E-state index in [1.807, 2.05) is 36.9 Å². The van der Waals surface area contributed by atoms with E-state index >= 15 is 0 Å². The van der Waals surface area contributed by atoms with E-state index in [4.69, 9.17) is 0 Å². The van der Waals surface area contributed by atoms with E-state index in [2.05, 4.69) is 20.4 Å². The Morgan fingerprint density at radius 3 is 2.72 bits per heavy atom. The summed E-state index contributed by atoms with van der Waals surface area (Å²) in [4.78, 5) is 34.6. The van der Waals surface area contributed by atoms with Crippen molar-refractivity contribution < 1.29 is 4.79 Å². The number of carbonyl (C=O) groups is 1. The second kappa shape index (κ2) is 7.12. The first-order chi connectivity index (χ1) is 13.9. The molecule has 0 bridgehead atoms. The predicted molar refractivity (Wildman–Crippen MR) is 112 cm³/mol. The van der Waals surface area contributed by atoms with Gasteiger partial charge in [0.15, 0.2) is 5.65 Å². The van der Waals surface area contributed by atoms with E-state index in [-0.39, 0.29) is 17.0 Å². The maximum Gasteiger partial charge on any atom is 0.261 e. The third-order valence-electron chi connectivity index (χ3n) is 4.83. The average molecular weight is 390 g/mol. The highest BCUT2D eigenvalue weighted by Crippen LogP contribution is 2.19. The lowest BCUT2D eigenvalue weighted by Crippen LogP contribution is -2.24. The fraction of sp³-hybridized carbons (Fsp3) is 0.286. The van der Waals surface area contributed by atoms with Crippen molar-refractivity contribution in [3.05, 3.63) is 58.3 Å². The highest BCUT2D eigenvalue weighted by atomic mass is 16.2. The first kappa shape index (κ1) is 18.8.